The van der Waals surface area contributed by atoms with E-state index in [9.17, 15) is 9.59 Å². The van der Waals surface area contributed by atoms with Crippen molar-refractivity contribution in [2.24, 2.45) is 5.73 Å². The second-order valence-electron chi connectivity index (χ2n) is 3.54. The molecule has 1 aliphatic rings. The quantitative estimate of drug-likeness (QED) is 0.614. The van der Waals surface area contributed by atoms with Crippen LogP contribution < -0.4 is 11.1 Å². The molecule has 1 rings (SSSR count). The maximum absolute atomic E-state index is 11.6. The van der Waals surface area contributed by atoms with E-state index in [0.29, 0.717) is 0 Å². The van der Waals surface area contributed by atoms with E-state index in [4.69, 9.17) is 5.73 Å². The fourth-order valence-electron chi connectivity index (χ4n) is 1.62. The number of carbonyl (C=O) groups is 2. The Hall–Kier alpha value is -1.10. The van der Waals surface area contributed by atoms with E-state index in [-0.39, 0.29) is 12.3 Å². The molecular weight excluding hydrogens is 182 g/mol. The fourth-order valence-corrected chi connectivity index (χ4v) is 1.62. The lowest BCUT2D eigenvalue weighted by atomic mass is 10.2. The molecule has 0 radical (unpaired) electrons. The van der Waals surface area contributed by atoms with Crippen molar-refractivity contribution < 1.29 is 9.59 Å². The number of hydrogen-bond acceptors (Lipinski definition) is 3. The van der Waals surface area contributed by atoms with Crippen molar-refractivity contribution in [3.63, 3.8) is 0 Å². The van der Waals surface area contributed by atoms with Crippen LogP contribution in [0.1, 0.15) is 19.3 Å². The topological polar surface area (TPSA) is 75.4 Å². The van der Waals surface area contributed by atoms with Gasteiger partial charge in [0.1, 0.15) is 0 Å². The monoisotopic (exact) mass is 199 g/mol. The Bertz CT molecular complexity index is 224. The van der Waals surface area contributed by atoms with Crippen LogP contribution in [-0.4, -0.2) is 42.9 Å². The van der Waals surface area contributed by atoms with Gasteiger partial charge in [-0.15, -0.1) is 0 Å². The first-order chi connectivity index (χ1) is 6.65. The second-order valence-corrected chi connectivity index (χ2v) is 3.54. The summed E-state index contributed by atoms with van der Waals surface area (Å²) in [6.45, 7) is 1.63. The Balaban J connectivity index is 2.41. The number of hydrogen-bond donors (Lipinski definition) is 2. The molecular formula is C9H17N3O2. The van der Waals surface area contributed by atoms with Gasteiger partial charge in [0.2, 0.25) is 11.8 Å². The predicted octanol–water partition coefficient (Wildman–Crippen LogP) is -0.928. The van der Waals surface area contributed by atoms with Crippen LogP contribution in [-0.2, 0) is 9.59 Å². The van der Waals surface area contributed by atoms with Crippen LogP contribution in [0.3, 0.4) is 0 Å². The van der Waals surface area contributed by atoms with Gasteiger partial charge in [-0.2, -0.15) is 0 Å². The van der Waals surface area contributed by atoms with Gasteiger partial charge in [-0.05, 0) is 19.9 Å². The van der Waals surface area contributed by atoms with Crippen molar-refractivity contribution in [1.29, 1.82) is 0 Å². The highest BCUT2D eigenvalue weighted by Gasteiger charge is 2.23. The molecule has 5 heteroatoms. The molecule has 14 heavy (non-hydrogen) atoms. The summed E-state index contributed by atoms with van der Waals surface area (Å²) >= 11 is 0. The summed E-state index contributed by atoms with van der Waals surface area (Å²) in [6, 6.07) is -0.539. The zero-order chi connectivity index (χ0) is 10.6. The highest BCUT2D eigenvalue weighted by molar-refractivity contribution is 5.87. The van der Waals surface area contributed by atoms with Gasteiger partial charge in [0.15, 0.2) is 0 Å². The van der Waals surface area contributed by atoms with Crippen LogP contribution in [0, 0.1) is 0 Å². The summed E-state index contributed by atoms with van der Waals surface area (Å²) < 4.78 is 0. The molecule has 1 aliphatic heterocycles. The fraction of sp³-hybridized carbons (Fsp3) is 0.778. The molecule has 3 N–H and O–H groups in total. The minimum absolute atomic E-state index is 0.0145. The summed E-state index contributed by atoms with van der Waals surface area (Å²) in [5, 5.41) is 2.73. The molecule has 0 aromatic heterocycles. The number of carbonyl (C=O) groups excluding carboxylic acids is 2. The van der Waals surface area contributed by atoms with Crippen LogP contribution in [0.4, 0.5) is 0 Å². The highest BCUT2D eigenvalue weighted by atomic mass is 16.2. The van der Waals surface area contributed by atoms with Gasteiger partial charge in [-0.3, -0.25) is 9.59 Å². The number of nitrogens with two attached hydrogens (primary N) is 1. The maximum Gasteiger partial charge on any atom is 0.235 e. The Morgan fingerprint density at radius 2 is 2.00 bits per heavy atom. The molecule has 0 saturated carbocycles. The number of amides is 2. The van der Waals surface area contributed by atoms with Crippen molar-refractivity contribution in [3.8, 4) is 0 Å². The largest absolute Gasteiger partial charge is 0.368 e. The van der Waals surface area contributed by atoms with Gasteiger partial charge >= 0.3 is 0 Å². The third kappa shape index (κ3) is 2.70. The Morgan fingerprint density at radius 1 is 1.43 bits per heavy atom. The molecule has 1 unspecified atom stereocenters. The molecule has 80 valence electrons. The highest BCUT2D eigenvalue weighted by Crippen LogP contribution is 2.09. The average Bonchev–Trinajstić information content (AvgIpc) is 2.65. The number of nitrogens with one attached hydrogen (secondary N) is 1. The first kappa shape index (κ1) is 11.0. The molecule has 1 fully saturated rings. The number of nitrogens with zero attached hydrogens (tertiary/aromatic N) is 1. The number of rotatable bonds is 4. The number of likely N-dealkylation sites (N-methyl/N-ethyl adjacent to an activating group) is 1. The van der Waals surface area contributed by atoms with Crippen LogP contribution in [0.15, 0.2) is 0 Å². The van der Waals surface area contributed by atoms with E-state index in [1.54, 1.807) is 11.9 Å². The zero-order valence-electron chi connectivity index (χ0n) is 8.45. The third-order valence-corrected chi connectivity index (χ3v) is 2.53. The SMILES string of the molecule is CNC(CC(=O)N1CCCC1)C(N)=O. The minimum Gasteiger partial charge on any atom is -0.368 e. The van der Waals surface area contributed by atoms with E-state index in [2.05, 4.69) is 5.32 Å². The third-order valence-electron chi connectivity index (χ3n) is 2.53. The summed E-state index contributed by atoms with van der Waals surface area (Å²) in [5.74, 6) is -0.458. The van der Waals surface area contributed by atoms with Gasteiger partial charge in [-0.1, -0.05) is 0 Å². The first-order valence-electron chi connectivity index (χ1n) is 4.89. The summed E-state index contributed by atoms with van der Waals surface area (Å²) in [6.07, 6.45) is 2.30. The van der Waals surface area contributed by atoms with E-state index in [0.717, 1.165) is 25.9 Å². The lowest BCUT2D eigenvalue weighted by Gasteiger charge is -2.18. The van der Waals surface area contributed by atoms with E-state index in [1.165, 1.54) is 0 Å². The van der Waals surface area contributed by atoms with Crippen molar-refractivity contribution >= 4 is 11.8 Å². The standard InChI is InChI=1S/C9H17N3O2/c1-11-7(9(10)14)6-8(13)12-4-2-3-5-12/h7,11H,2-6H2,1H3,(H2,10,14). The molecule has 5 nitrogen and oxygen atoms in total. The van der Waals surface area contributed by atoms with Gasteiger partial charge < -0.3 is 16.0 Å². The number of primary amides is 1. The average molecular weight is 199 g/mol. The molecule has 0 spiro atoms. The molecule has 2 amide bonds. The van der Waals surface area contributed by atoms with Gasteiger partial charge in [-0.25, -0.2) is 0 Å². The Kier molecular flexibility index (Phi) is 3.88. The zero-order valence-corrected chi connectivity index (χ0v) is 8.45. The van der Waals surface area contributed by atoms with Crippen LogP contribution >= 0.6 is 0 Å². The molecule has 0 aromatic rings. The minimum atomic E-state index is -0.539. The van der Waals surface area contributed by atoms with Gasteiger partial charge in [0, 0.05) is 13.1 Å². The van der Waals surface area contributed by atoms with Crippen LogP contribution in [0.25, 0.3) is 0 Å². The summed E-state index contributed by atoms with van der Waals surface area (Å²) in [7, 11) is 1.63. The Morgan fingerprint density at radius 3 is 2.43 bits per heavy atom. The maximum atomic E-state index is 11.6. The van der Waals surface area contributed by atoms with E-state index < -0.39 is 11.9 Å². The summed E-state index contributed by atoms with van der Waals surface area (Å²) in [5.41, 5.74) is 5.12. The molecule has 1 atom stereocenters. The van der Waals surface area contributed by atoms with Crippen LogP contribution in [0.5, 0.6) is 0 Å². The van der Waals surface area contributed by atoms with E-state index in [1.807, 2.05) is 0 Å². The lowest BCUT2D eigenvalue weighted by molar-refractivity contribution is -0.133. The van der Waals surface area contributed by atoms with Gasteiger partial charge in [0.05, 0.1) is 12.5 Å². The van der Waals surface area contributed by atoms with Crippen molar-refractivity contribution in [2.75, 3.05) is 20.1 Å². The van der Waals surface area contributed by atoms with Gasteiger partial charge in [0.25, 0.3) is 0 Å². The molecule has 1 saturated heterocycles. The second kappa shape index (κ2) is 4.95. The van der Waals surface area contributed by atoms with Crippen molar-refractivity contribution in [3.05, 3.63) is 0 Å². The molecule has 1 heterocycles. The first-order valence-corrected chi connectivity index (χ1v) is 4.89. The molecule has 0 aliphatic carbocycles. The van der Waals surface area contributed by atoms with Crippen molar-refractivity contribution in [2.45, 2.75) is 25.3 Å². The molecule has 0 bridgehead atoms. The Labute approximate surface area is 83.6 Å². The smallest absolute Gasteiger partial charge is 0.235 e. The molecule has 0 aromatic carbocycles. The summed E-state index contributed by atoms with van der Waals surface area (Å²) in [4.78, 5) is 24.3. The predicted molar refractivity (Wildman–Crippen MR) is 52.5 cm³/mol. The normalized spacial score (nSPS) is 18.2. The lowest BCUT2D eigenvalue weighted by Crippen LogP contribution is -2.43. The van der Waals surface area contributed by atoms with Crippen LogP contribution in [0.2, 0.25) is 0 Å². The van der Waals surface area contributed by atoms with E-state index >= 15 is 0 Å². The van der Waals surface area contributed by atoms with Crippen molar-refractivity contribution in [1.82, 2.24) is 10.2 Å². The number of likely N-dealkylation sites (tertiary alicyclic amines) is 1.